The molecule has 0 atom stereocenters. The first-order valence-electron chi connectivity index (χ1n) is 6.69. The quantitative estimate of drug-likeness (QED) is 0.846. The molecule has 21 heavy (non-hydrogen) atoms. The minimum absolute atomic E-state index is 0.0259. The molecule has 0 radical (unpaired) electrons. The molecule has 0 bridgehead atoms. The van der Waals surface area contributed by atoms with Crippen molar-refractivity contribution in [2.75, 3.05) is 25.0 Å². The topological polar surface area (TPSA) is 58.4 Å². The summed E-state index contributed by atoms with van der Waals surface area (Å²) in [6, 6.07) is 3.80. The maximum Gasteiger partial charge on any atom is 0.416 e. The van der Waals surface area contributed by atoms with Crippen LogP contribution in [0.2, 0.25) is 0 Å². The molecule has 1 aromatic carbocycles. The lowest BCUT2D eigenvalue weighted by atomic mass is 10.1. The highest BCUT2D eigenvalue weighted by Crippen LogP contribution is 2.33. The molecule has 4 nitrogen and oxygen atoms in total. The molecule has 3 N–H and O–H groups in total. The van der Waals surface area contributed by atoms with Crippen LogP contribution in [0.25, 0.3) is 0 Å². The summed E-state index contributed by atoms with van der Waals surface area (Å²) in [6.45, 7) is 2.40. The zero-order chi connectivity index (χ0) is 16.0. The van der Waals surface area contributed by atoms with Crippen LogP contribution in [0.1, 0.15) is 24.5 Å². The Bertz CT molecular complexity index is 489. The van der Waals surface area contributed by atoms with Gasteiger partial charge in [0, 0.05) is 25.8 Å². The van der Waals surface area contributed by atoms with Crippen LogP contribution in [0.4, 0.5) is 18.9 Å². The number of nitrogens with two attached hydrogens (primary N) is 1. The van der Waals surface area contributed by atoms with E-state index in [0.29, 0.717) is 12.2 Å². The van der Waals surface area contributed by atoms with Crippen molar-refractivity contribution in [3.63, 3.8) is 0 Å². The lowest BCUT2D eigenvalue weighted by molar-refractivity contribution is -0.138. The lowest BCUT2D eigenvalue weighted by Gasteiger charge is -2.25. The number of benzene rings is 1. The summed E-state index contributed by atoms with van der Waals surface area (Å²) in [5, 5.41) is 2.50. The molecule has 0 aliphatic heterocycles. The number of hydrogen-bond donors (Lipinski definition) is 2. The Labute approximate surface area is 122 Å². The Morgan fingerprint density at radius 1 is 1.38 bits per heavy atom. The average molecular weight is 303 g/mol. The third-order valence-electron chi connectivity index (χ3n) is 3.09. The van der Waals surface area contributed by atoms with Crippen LogP contribution in [0.15, 0.2) is 18.2 Å². The van der Waals surface area contributed by atoms with E-state index in [-0.39, 0.29) is 24.6 Å². The predicted molar refractivity (Wildman–Crippen MR) is 75.9 cm³/mol. The van der Waals surface area contributed by atoms with Crippen molar-refractivity contribution in [2.24, 2.45) is 5.73 Å². The first-order valence-corrected chi connectivity index (χ1v) is 6.69. The highest BCUT2D eigenvalue weighted by Gasteiger charge is 2.33. The standard InChI is InChI=1S/C14H20F3N3O/c1-3-6-20(9-13(21)19-2)11-4-5-12(14(15,16)17)10(7-11)8-18/h4-5,7H,3,6,8-9,18H2,1-2H3,(H,19,21). The monoisotopic (exact) mass is 303 g/mol. The van der Waals surface area contributed by atoms with E-state index in [9.17, 15) is 18.0 Å². The Balaban J connectivity index is 3.12. The van der Waals surface area contributed by atoms with Crippen LogP contribution < -0.4 is 16.0 Å². The second-order valence-electron chi connectivity index (χ2n) is 4.64. The summed E-state index contributed by atoms with van der Waals surface area (Å²) in [7, 11) is 1.52. The molecule has 0 saturated heterocycles. The first-order chi connectivity index (χ1) is 9.83. The van der Waals surface area contributed by atoms with Crippen LogP contribution in [0.5, 0.6) is 0 Å². The fourth-order valence-electron chi connectivity index (χ4n) is 2.04. The second-order valence-corrected chi connectivity index (χ2v) is 4.64. The number of nitrogens with zero attached hydrogens (tertiary/aromatic N) is 1. The van der Waals surface area contributed by atoms with Crippen molar-refractivity contribution >= 4 is 11.6 Å². The number of halogens is 3. The van der Waals surface area contributed by atoms with Crippen molar-refractivity contribution in [3.05, 3.63) is 29.3 Å². The number of carbonyl (C=O) groups excluding carboxylic acids is 1. The number of anilines is 1. The van der Waals surface area contributed by atoms with Gasteiger partial charge in [0.05, 0.1) is 12.1 Å². The average Bonchev–Trinajstić information content (AvgIpc) is 2.44. The third-order valence-corrected chi connectivity index (χ3v) is 3.09. The number of carbonyl (C=O) groups is 1. The highest BCUT2D eigenvalue weighted by molar-refractivity contribution is 5.81. The Kier molecular flexibility index (Phi) is 6.02. The summed E-state index contributed by atoms with van der Waals surface area (Å²) < 4.78 is 38.5. The fraction of sp³-hybridized carbons (Fsp3) is 0.500. The second kappa shape index (κ2) is 7.31. The van der Waals surface area contributed by atoms with Crippen LogP contribution in [0.3, 0.4) is 0 Å². The molecule has 0 saturated carbocycles. The van der Waals surface area contributed by atoms with E-state index in [1.807, 2.05) is 6.92 Å². The van der Waals surface area contributed by atoms with Gasteiger partial charge in [0.2, 0.25) is 5.91 Å². The molecule has 0 aromatic heterocycles. The van der Waals surface area contributed by atoms with E-state index < -0.39 is 11.7 Å². The van der Waals surface area contributed by atoms with E-state index in [1.54, 1.807) is 4.90 Å². The molecule has 0 aliphatic rings. The highest BCUT2D eigenvalue weighted by atomic mass is 19.4. The van der Waals surface area contributed by atoms with Gasteiger partial charge < -0.3 is 16.0 Å². The van der Waals surface area contributed by atoms with Gasteiger partial charge in [-0.05, 0) is 30.2 Å². The molecule has 7 heteroatoms. The third kappa shape index (κ3) is 4.63. The SMILES string of the molecule is CCCN(CC(=O)NC)c1ccc(C(F)(F)F)c(CN)c1. The fourth-order valence-corrected chi connectivity index (χ4v) is 2.04. The van der Waals surface area contributed by atoms with Gasteiger partial charge in [0.1, 0.15) is 0 Å². The van der Waals surface area contributed by atoms with Crippen molar-refractivity contribution in [1.82, 2.24) is 5.32 Å². The van der Waals surface area contributed by atoms with Crippen molar-refractivity contribution in [2.45, 2.75) is 26.1 Å². The van der Waals surface area contributed by atoms with Crippen molar-refractivity contribution < 1.29 is 18.0 Å². The number of rotatable bonds is 6. The largest absolute Gasteiger partial charge is 0.416 e. The molecular weight excluding hydrogens is 283 g/mol. The van der Waals surface area contributed by atoms with E-state index in [4.69, 9.17) is 5.73 Å². The zero-order valence-corrected chi connectivity index (χ0v) is 12.1. The van der Waals surface area contributed by atoms with Gasteiger partial charge in [0.15, 0.2) is 0 Å². The first kappa shape index (κ1) is 17.3. The minimum Gasteiger partial charge on any atom is -0.362 e. The predicted octanol–water partition coefficient (Wildman–Crippen LogP) is 2.13. The number of alkyl halides is 3. The van der Waals surface area contributed by atoms with Crippen LogP contribution in [0, 0.1) is 0 Å². The summed E-state index contributed by atoms with van der Waals surface area (Å²) in [6.07, 6.45) is -3.65. The molecule has 1 amide bonds. The summed E-state index contributed by atoms with van der Waals surface area (Å²) in [5.74, 6) is -0.197. The van der Waals surface area contributed by atoms with Gasteiger partial charge >= 0.3 is 6.18 Å². The normalized spacial score (nSPS) is 11.3. The minimum atomic E-state index is -4.43. The van der Waals surface area contributed by atoms with E-state index in [0.717, 1.165) is 12.5 Å². The smallest absolute Gasteiger partial charge is 0.362 e. The van der Waals surface area contributed by atoms with Gasteiger partial charge in [-0.15, -0.1) is 0 Å². The lowest BCUT2D eigenvalue weighted by Crippen LogP contribution is -2.36. The van der Waals surface area contributed by atoms with Gasteiger partial charge in [-0.2, -0.15) is 13.2 Å². The van der Waals surface area contributed by atoms with Crippen LogP contribution >= 0.6 is 0 Å². The van der Waals surface area contributed by atoms with Crippen molar-refractivity contribution in [1.29, 1.82) is 0 Å². The Morgan fingerprint density at radius 2 is 2.05 bits per heavy atom. The molecule has 0 unspecified atom stereocenters. The molecule has 0 fully saturated rings. The number of hydrogen-bond acceptors (Lipinski definition) is 3. The molecule has 118 valence electrons. The number of amides is 1. The maximum atomic E-state index is 12.8. The summed E-state index contributed by atoms with van der Waals surface area (Å²) in [5.41, 5.74) is 5.28. The van der Waals surface area contributed by atoms with Crippen molar-refractivity contribution in [3.8, 4) is 0 Å². The van der Waals surface area contributed by atoms with Gasteiger partial charge in [-0.1, -0.05) is 6.92 Å². The van der Waals surface area contributed by atoms with E-state index >= 15 is 0 Å². The molecule has 1 rings (SSSR count). The Morgan fingerprint density at radius 3 is 2.52 bits per heavy atom. The summed E-state index contributed by atoms with van der Waals surface area (Å²) in [4.78, 5) is 13.2. The van der Waals surface area contributed by atoms with Crippen LogP contribution in [-0.4, -0.2) is 26.0 Å². The van der Waals surface area contributed by atoms with E-state index in [2.05, 4.69) is 5.32 Å². The molecule has 0 spiro atoms. The number of likely N-dealkylation sites (N-methyl/N-ethyl adjacent to an activating group) is 1. The maximum absolute atomic E-state index is 12.8. The summed E-state index contributed by atoms with van der Waals surface area (Å²) >= 11 is 0. The molecule has 0 aliphatic carbocycles. The number of nitrogens with one attached hydrogen (secondary N) is 1. The molecule has 1 aromatic rings. The van der Waals surface area contributed by atoms with E-state index in [1.165, 1.54) is 19.2 Å². The van der Waals surface area contributed by atoms with Gasteiger partial charge in [0.25, 0.3) is 0 Å². The zero-order valence-electron chi connectivity index (χ0n) is 12.1. The molecule has 0 heterocycles. The van der Waals surface area contributed by atoms with Crippen LogP contribution in [-0.2, 0) is 17.5 Å². The van der Waals surface area contributed by atoms with Gasteiger partial charge in [-0.3, -0.25) is 4.79 Å². The van der Waals surface area contributed by atoms with Gasteiger partial charge in [-0.25, -0.2) is 0 Å². The molecular formula is C14H20F3N3O. The Hall–Kier alpha value is -1.76.